The molecule has 9 heteroatoms. The molecular weight excluding hydrogens is 440 g/mol. The molecule has 1 aromatic heterocycles. The van der Waals surface area contributed by atoms with Crippen LogP contribution in [0.3, 0.4) is 0 Å². The summed E-state index contributed by atoms with van der Waals surface area (Å²) in [6.07, 6.45) is 3.62. The molecule has 0 aromatic carbocycles. The molecule has 0 saturated carbocycles. The predicted molar refractivity (Wildman–Crippen MR) is 105 cm³/mol. The number of hydrogen-bond acceptors (Lipinski definition) is 5. The first-order chi connectivity index (χ1) is 12.4. The minimum atomic E-state index is -3.43. The first-order valence-electron chi connectivity index (χ1n) is 9.02. The number of hydrogen-bond donors (Lipinski definition) is 1. The van der Waals surface area contributed by atoms with Crippen LogP contribution >= 0.6 is 27.3 Å². The summed E-state index contributed by atoms with van der Waals surface area (Å²) in [7, 11) is -3.43. The number of sulfonamides is 1. The molecule has 2 saturated heterocycles. The molecule has 0 radical (unpaired) electrons. The van der Waals surface area contributed by atoms with Crippen LogP contribution in [-0.2, 0) is 19.6 Å². The first kappa shape index (κ1) is 20.3. The molecule has 2 aliphatic rings. The van der Waals surface area contributed by atoms with Gasteiger partial charge in [0, 0.05) is 32.2 Å². The Bertz CT molecular complexity index is 723. The molecule has 2 fully saturated rings. The van der Waals surface area contributed by atoms with Crippen LogP contribution in [0.25, 0.3) is 0 Å². The van der Waals surface area contributed by atoms with Gasteiger partial charge in [-0.2, -0.15) is 4.31 Å². The number of amides is 1. The number of piperidine rings is 1. The fraction of sp³-hybridized carbons (Fsp3) is 0.706. The lowest BCUT2D eigenvalue weighted by Gasteiger charge is -2.33. The summed E-state index contributed by atoms with van der Waals surface area (Å²) in [5.74, 6) is 0.141. The number of carbonyl (C=O) groups excluding carboxylic acids is 1. The van der Waals surface area contributed by atoms with Gasteiger partial charge in [-0.15, -0.1) is 11.3 Å². The standard InChI is InChI=1S/C17H25BrN2O4S2/c1-12(17(21)19-11-14-3-2-10-24-14)13-6-8-20(9-7-13)26(22,23)16-5-4-15(18)25-16/h4-5,12-14H,2-3,6-11H2,1H3,(H,19,21). The number of halogens is 1. The Morgan fingerprint density at radius 1 is 1.38 bits per heavy atom. The van der Waals surface area contributed by atoms with Crippen LogP contribution < -0.4 is 5.32 Å². The highest BCUT2D eigenvalue weighted by Crippen LogP contribution is 2.32. The van der Waals surface area contributed by atoms with E-state index in [9.17, 15) is 13.2 Å². The van der Waals surface area contributed by atoms with Crippen molar-refractivity contribution in [2.45, 2.75) is 42.9 Å². The van der Waals surface area contributed by atoms with Gasteiger partial charge in [0.1, 0.15) is 4.21 Å². The van der Waals surface area contributed by atoms with E-state index in [1.807, 2.05) is 6.92 Å². The Morgan fingerprint density at radius 2 is 2.12 bits per heavy atom. The summed E-state index contributed by atoms with van der Waals surface area (Å²) in [4.78, 5) is 12.4. The van der Waals surface area contributed by atoms with Crippen LogP contribution in [0.15, 0.2) is 20.1 Å². The largest absolute Gasteiger partial charge is 0.376 e. The van der Waals surface area contributed by atoms with E-state index in [0.29, 0.717) is 36.7 Å². The lowest BCUT2D eigenvalue weighted by atomic mass is 9.85. The molecule has 6 nitrogen and oxygen atoms in total. The summed E-state index contributed by atoms with van der Waals surface area (Å²) < 4.78 is 33.6. The van der Waals surface area contributed by atoms with E-state index in [2.05, 4.69) is 21.2 Å². The van der Waals surface area contributed by atoms with Gasteiger partial charge in [0.15, 0.2) is 0 Å². The molecule has 146 valence electrons. The molecule has 2 atom stereocenters. The van der Waals surface area contributed by atoms with Crippen molar-refractivity contribution in [3.8, 4) is 0 Å². The number of nitrogens with zero attached hydrogens (tertiary/aromatic N) is 1. The van der Waals surface area contributed by atoms with E-state index < -0.39 is 10.0 Å². The smallest absolute Gasteiger partial charge is 0.252 e. The van der Waals surface area contributed by atoms with Crippen LogP contribution in [0, 0.1) is 11.8 Å². The molecule has 0 spiro atoms. The Labute approximate surface area is 167 Å². The monoisotopic (exact) mass is 464 g/mol. The average Bonchev–Trinajstić information content (AvgIpc) is 3.31. The molecule has 2 unspecified atom stereocenters. The van der Waals surface area contributed by atoms with Crippen LogP contribution in [0.2, 0.25) is 0 Å². The van der Waals surface area contributed by atoms with Crippen molar-refractivity contribution in [2.24, 2.45) is 11.8 Å². The minimum absolute atomic E-state index is 0.0454. The van der Waals surface area contributed by atoms with Gasteiger partial charge in [0.2, 0.25) is 5.91 Å². The summed E-state index contributed by atoms with van der Waals surface area (Å²) in [6, 6.07) is 3.39. The number of ether oxygens (including phenoxy) is 1. The zero-order valence-electron chi connectivity index (χ0n) is 14.8. The molecule has 3 rings (SSSR count). The van der Waals surface area contributed by atoms with Crippen molar-refractivity contribution < 1.29 is 17.9 Å². The quantitative estimate of drug-likeness (QED) is 0.701. The summed E-state index contributed by atoms with van der Waals surface area (Å²) in [6.45, 7) is 4.22. The zero-order chi connectivity index (χ0) is 18.7. The van der Waals surface area contributed by atoms with E-state index in [1.165, 1.54) is 11.3 Å². The zero-order valence-corrected chi connectivity index (χ0v) is 18.0. The van der Waals surface area contributed by atoms with Crippen LogP contribution in [0.5, 0.6) is 0 Å². The number of rotatable bonds is 6. The highest BCUT2D eigenvalue weighted by molar-refractivity contribution is 9.11. The van der Waals surface area contributed by atoms with Crippen molar-refractivity contribution in [2.75, 3.05) is 26.2 Å². The maximum atomic E-state index is 12.7. The van der Waals surface area contributed by atoms with Gasteiger partial charge in [0.05, 0.1) is 9.89 Å². The van der Waals surface area contributed by atoms with Crippen molar-refractivity contribution in [1.29, 1.82) is 0 Å². The maximum Gasteiger partial charge on any atom is 0.252 e. The average molecular weight is 465 g/mol. The minimum Gasteiger partial charge on any atom is -0.376 e. The molecule has 0 bridgehead atoms. The number of nitrogens with one attached hydrogen (secondary N) is 1. The highest BCUT2D eigenvalue weighted by atomic mass is 79.9. The van der Waals surface area contributed by atoms with Crippen molar-refractivity contribution in [3.05, 3.63) is 15.9 Å². The third-order valence-electron chi connectivity index (χ3n) is 5.29. The normalized spacial score (nSPS) is 23.8. The summed E-state index contributed by atoms with van der Waals surface area (Å²) in [5, 5.41) is 2.99. The fourth-order valence-corrected chi connectivity index (χ4v) is 7.21. The first-order valence-corrected chi connectivity index (χ1v) is 12.1. The number of carbonyl (C=O) groups is 1. The van der Waals surface area contributed by atoms with Gasteiger partial charge in [-0.3, -0.25) is 4.79 Å². The second-order valence-corrected chi connectivity index (χ2v) is 11.6. The number of thiophene rings is 1. The van der Waals surface area contributed by atoms with E-state index in [0.717, 1.165) is 23.2 Å². The van der Waals surface area contributed by atoms with Crippen LogP contribution in [0.4, 0.5) is 0 Å². The maximum absolute atomic E-state index is 12.7. The lowest BCUT2D eigenvalue weighted by Crippen LogP contribution is -2.43. The molecule has 26 heavy (non-hydrogen) atoms. The van der Waals surface area contributed by atoms with Gasteiger partial charge in [-0.1, -0.05) is 6.92 Å². The molecule has 1 N–H and O–H groups in total. The SMILES string of the molecule is CC(C(=O)NCC1CCCO1)C1CCN(S(=O)(=O)c2ccc(Br)s2)CC1. The molecule has 3 heterocycles. The van der Waals surface area contributed by atoms with E-state index >= 15 is 0 Å². The van der Waals surface area contributed by atoms with Gasteiger partial charge in [0.25, 0.3) is 10.0 Å². The Morgan fingerprint density at radius 3 is 2.69 bits per heavy atom. The topological polar surface area (TPSA) is 75.7 Å². The second-order valence-electron chi connectivity index (χ2n) is 6.97. The van der Waals surface area contributed by atoms with E-state index in [-0.39, 0.29) is 23.8 Å². The molecule has 0 aliphatic carbocycles. The van der Waals surface area contributed by atoms with Crippen LogP contribution in [0.1, 0.15) is 32.6 Å². The third kappa shape index (κ3) is 4.67. The van der Waals surface area contributed by atoms with Gasteiger partial charge >= 0.3 is 0 Å². The van der Waals surface area contributed by atoms with Gasteiger partial charge in [-0.05, 0) is 59.7 Å². The van der Waals surface area contributed by atoms with E-state index in [4.69, 9.17) is 4.74 Å². The Balaban J connectivity index is 1.50. The van der Waals surface area contributed by atoms with Crippen molar-refractivity contribution in [1.82, 2.24) is 9.62 Å². The molecule has 1 amide bonds. The summed E-state index contributed by atoms with van der Waals surface area (Å²) >= 11 is 4.54. The molecule has 1 aromatic rings. The Hall–Kier alpha value is -0.480. The molecular formula is C17H25BrN2O4S2. The fourth-order valence-electron chi connectivity index (χ4n) is 3.57. The van der Waals surface area contributed by atoms with Crippen molar-refractivity contribution in [3.63, 3.8) is 0 Å². The predicted octanol–water partition coefficient (Wildman–Crippen LogP) is 2.84. The van der Waals surface area contributed by atoms with Gasteiger partial charge < -0.3 is 10.1 Å². The Kier molecular flexibility index (Phi) is 6.77. The molecule has 2 aliphatic heterocycles. The van der Waals surface area contributed by atoms with Crippen molar-refractivity contribution >= 4 is 43.2 Å². The van der Waals surface area contributed by atoms with E-state index in [1.54, 1.807) is 16.4 Å². The summed E-state index contributed by atoms with van der Waals surface area (Å²) in [5.41, 5.74) is 0. The third-order valence-corrected chi connectivity index (χ3v) is 9.28. The lowest BCUT2D eigenvalue weighted by molar-refractivity contribution is -0.127. The van der Waals surface area contributed by atoms with Gasteiger partial charge in [-0.25, -0.2) is 8.42 Å². The second kappa shape index (κ2) is 8.68. The van der Waals surface area contributed by atoms with Crippen LogP contribution in [-0.4, -0.2) is 51.0 Å². The highest BCUT2D eigenvalue weighted by Gasteiger charge is 2.34.